The number of hydrogen-bond acceptors (Lipinski definition) is 6. The fraction of sp³-hybridized carbons (Fsp3) is 0.682. The van der Waals surface area contributed by atoms with Crippen molar-refractivity contribution in [2.24, 2.45) is 11.8 Å². The van der Waals surface area contributed by atoms with Gasteiger partial charge in [-0.05, 0) is 19.8 Å². The number of fused-ring (bicyclic) bond motifs is 2. The van der Waals surface area contributed by atoms with Crippen molar-refractivity contribution in [3.63, 3.8) is 0 Å². The number of hydrogen-bond donors (Lipinski definition) is 1. The number of cyclic esters (lactones) is 1. The third-order valence-corrected chi connectivity index (χ3v) is 8.48. The number of esters is 1. The molecule has 0 aromatic carbocycles. The van der Waals surface area contributed by atoms with E-state index in [9.17, 15) is 19.5 Å². The van der Waals surface area contributed by atoms with Gasteiger partial charge < -0.3 is 19.6 Å². The van der Waals surface area contributed by atoms with Gasteiger partial charge in [-0.25, -0.2) is 0 Å². The molecule has 2 unspecified atom stereocenters. The van der Waals surface area contributed by atoms with Crippen molar-refractivity contribution in [3.8, 4) is 0 Å². The average Bonchev–Trinajstić information content (AvgIpc) is 3.07. The predicted octanol–water partition coefficient (Wildman–Crippen LogP) is 1.37. The molecule has 0 saturated carbocycles. The van der Waals surface area contributed by atoms with Crippen LogP contribution in [0.4, 0.5) is 0 Å². The van der Waals surface area contributed by atoms with E-state index in [1.54, 1.807) is 0 Å². The number of β-amino-alcohol motifs (C(OH)–C–C–N with tert-alkyl or cyclic N) is 1. The van der Waals surface area contributed by atoms with Crippen LogP contribution in [0, 0.1) is 11.8 Å². The Morgan fingerprint density at radius 3 is 2.83 bits per heavy atom. The minimum Gasteiger partial charge on any atom is -0.465 e. The van der Waals surface area contributed by atoms with Crippen molar-refractivity contribution in [1.29, 1.82) is 0 Å². The molecule has 0 bridgehead atoms. The average molecular weight is 435 g/mol. The molecule has 1 N–H and O–H groups in total. The summed E-state index contributed by atoms with van der Waals surface area (Å²) in [4.78, 5) is 43.6. The van der Waals surface area contributed by atoms with E-state index in [1.807, 2.05) is 36.1 Å². The second-order valence-electron chi connectivity index (χ2n) is 8.51. The second-order valence-corrected chi connectivity index (χ2v) is 10.00. The number of nitrogens with zero attached hydrogens (tertiary/aromatic N) is 2. The first-order valence-corrected chi connectivity index (χ1v) is 11.7. The quantitative estimate of drug-likeness (QED) is 0.519. The molecule has 30 heavy (non-hydrogen) atoms. The molecular weight excluding hydrogens is 404 g/mol. The summed E-state index contributed by atoms with van der Waals surface area (Å²) in [7, 11) is 0. The van der Waals surface area contributed by atoms with Gasteiger partial charge in [0.25, 0.3) is 0 Å². The summed E-state index contributed by atoms with van der Waals surface area (Å²) in [5.74, 6) is -1.98. The van der Waals surface area contributed by atoms with Crippen molar-refractivity contribution in [1.82, 2.24) is 9.80 Å². The molecule has 1 spiro atoms. The summed E-state index contributed by atoms with van der Waals surface area (Å²) < 4.78 is 4.60. The molecule has 0 aromatic rings. The van der Waals surface area contributed by atoms with Gasteiger partial charge in [0, 0.05) is 24.4 Å². The van der Waals surface area contributed by atoms with Gasteiger partial charge >= 0.3 is 5.97 Å². The molecule has 8 heteroatoms. The largest absolute Gasteiger partial charge is 0.465 e. The third kappa shape index (κ3) is 3.19. The number of ether oxygens (including phenoxy) is 1. The van der Waals surface area contributed by atoms with Gasteiger partial charge in [-0.2, -0.15) is 0 Å². The Morgan fingerprint density at radius 1 is 1.30 bits per heavy atom. The number of thioether (sulfide) groups is 1. The van der Waals surface area contributed by atoms with E-state index < -0.39 is 22.6 Å². The normalized spacial score (nSPS) is 36.6. The van der Waals surface area contributed by atoms with Crippen molar-refractivity contribution in [2.45, 2.75) is 55.2 Å². The van der Waals surface area contributed by atoms with Gasteiger partial charge in [0.1, 0.15) is 6.04 Å². The minimum absolute atomic E-state index is 0.0531. The smallest absolute Gasteiger partial charge is 0.311 e. The van der Waals surface area contributed by atoms with Crippen molar-refractivity contribution < 1.29 is 24.2 Å². The van der Waals surface area contributed by atoms with Crippen LogP contribution in [0.1, 0.15) is 33.1 Å². The highest BCUT2D eigenvalue weighted by Gasteiger charge is 2.71. The number of carbonyl (C=O) groups excluding carboxylic acids is 3. The molecule has 2 saturated heterocycles. The lowest BCUT2D eigenvalue weighted by atomic mass is 9.78. The highest BCUT2D eigenvalue weighted by atomic mass is 32.2. The highest BCUT2D eigenvalue weighted by Crippen LogP contribution is 2.60. The fourth-order valence-corrected chi connectivity index (χ4v) is 7.44. The van der Waals surface area contributed by atoms with Crippen LogP contribution in [0.25, 0.3) is 0 Å². The topological polar surface area (TPSA) is 87.2 Å². The van der Waals surface area contributed by atoms with Crippen LogP contribution in [0.15, 0.2) is 24.3 Å². The summed E-state index contributed by atoms with van der Waals surface area (Å²) >= 11 is 1.53. The first kappa shape index (κ1) is 21.4. The molecule has 0 radical (unpaired) electrons. The molecule has 2 amide bonds. The number of aliphatic hydroxyl groups is 1. The van der Waals surface area contributed by atoms with Crippen molar-refractivity contribution in [3.05, 3.63) is 24.3 Å². The summed E-state index contributed by atoms with van der Waals surface area (Å²) in [5.41, 5.74) is 0. The van der Waals surface area contributed by atoms with Crippen molar-refractivity contribution in [2.75, 3.05) is 26.3 Å². The Bertz CT molecular complexity index is 783. The molecule has 2 fully saturated rings. The van der Waals surface area contributed by atoms with Gasteiger partial charge in [-0.15, -0.1) is 11.8 Å². The number of rotatable bonds is 5. The minimum atomic E-state index is -0.826. The lowest BCUT2D eigenvalue weighted by Gasteiger charge is -2.37. The summed E-state index contributed by atoms with van der Waals surface area (Å²) in [6.45, 7) is 4.77. The Hall–Kier alpha value is -1.80. The van der Waals surface area contributed by atoms with E-state index in [-0.39, 0.29) is 42.2 Å². The Balaban J connectivity index is 1.79. The van der Waals surface area contributed by atoms with Crippen LogP contribution in [0.5, 0.6) is 0 Å². The molecule has 7 nitrogen and oxygen atoms in total. The zero-order chi connectivity index (χ0) is 21.5. The fourth-order valence-electron chi connectivity index (χ4n) is 5.44. The number of amides is 2. The lowest BCUT2D eigenvalue weighted by molar-refractivity contribution is -0.153. The first-order chi connectivity index (χ1) is 14.5. The molecule has 0 aliphatic carbocycles. The van der Waals surface area contributed by atoms with Crippen LogP contribution in [-0.4, -0.2) is 81.1 Å². The standard InChI is InChI=1S/C22H30N2O5S/c1-3-7-14(2)23-10-6-9-22-17(19(26)24(11-12-25)18(22)20(23)27)16-15(30-22)8-4-5-13-29-21(16)28/h4,6,8-9,14-18,25H,3,5,7,10-13H2,1-2H3/t14?,15-,16+,17+,18?,22+/m1/s1. The van der Waals surface area contributed by atoms with Gasteiger partial charge in [0.05, 0.1) is 29.8 Å². The maximum atomic E-state index is 13.8. The van der Waals surface area contributed by atoms with Gasteiger partial charge in [0.15, 0.2) is 0 Å². The zero-order valence-electron chi connectivity index (χ0n) is 17.5. The molecule has 4 aliphatic rings. The highest BCUT2D eigenvalue weighted by molar-refractivity contribution is 8.02. The van der Waals surface area contributed by atoms with Gasteiger partial charge in [0.2, 0.25) is 11.8 Å². The summed E-state index contributed by atoms with van der Waals surface area (Å²) in [5, 5.41) is 9.43. The van der Waals surface area contributed by atoms with Crippen molar-refractivity contribution >= 4 is 29.5 Å². The molecule has 4 aliphatic heterocycles. The third-order valence-electron chi connectivity index (χ3n) is 6.73. The number of aliphatic hydroxyl groups excluding tert-OH is 1. The first-order valence-electron chi connectivity index (χ1n) is 10.9. The Morgan fingerprint density at radius 2 is 2.10 bits per heavy atom. The van der Waals surface area contributed by atoms with E-state index in [0.29, 0.717) is 19.6 Å². The Kier molecular flexibility index (Phi) is 5.99. The number of likely N-dealkylation sites (tertiary alicyclic amines) is 1. The van der Waals surface area contributed by atoms with Crippen LogP contribution in [0.2, 0.25) is 0 Å². The Labute approximate surface area is 181 Å². The van der Waals surface area contributed by atoms with Crippen LogP contribution in [0.3, 0.4) is 0 Å². The number of carbonyl (C=O) groups is 3. The molecule has 4 heterocycles. The maximum absolute atomic E-state index is 13.8. The lowest BCUT2D eigenvalue weighted by Crippen LogP contribution is -2.55. The SMILES string of the molecule is CCCC(C)N1CC=C[C@]23S[C@@H]4C=CCCOC(=O)[C@@H]4[C@H]2C(=O)N(CCO)C3C1=O. The van der Waals surface area contributed by atoms with E-state index in [4.69, 9.17) is 4.74 Å². The summed E-state index contributed by atoms with van der Waals surface area (Å²) in [6.07, 6.45) is 10.5. The monoisotopic (exact) mass is 434 g/mol. The van der Waals surface area contributed by atoms with E-state index >= 15 is 0 Å². The molecule has 4 rings (SSSR count). The molecular formula is C22H30N2O5S. The van der Waals surface area contributed by atoms with Gasteiger partial charge in [-0.1, -0.05) is 37.6 Å². The second kappa shape index (κ2) is 8.38. The van der Waals surface area contributed by atoms with Gasteiger partial charge in [-0.3, -0.25) is 14.4 Å². The zero-order valence-corrected chi connectivity index (χ0v) is 18.3. The molecule has 6 atom stereocenters. The van der Waals surface area contributed by atoms with E-state index in [2.05, 4.69) is 6.92 Å². The maximum Gasteiger partial charge on any atom is 0.311 e. The van der Waals surface area contributed by atoms with E-state index in [1.165, 1.54) is 16.7 Å². The van der Waals surface area contributed by atoms with E-state index in [0.717, 1.165) is 12.8 Å². The molecule has 0 aromatic heterocycles. The molecule has 164 valence electrons. The predicted molar refractivity (Wildman–Crippen MR) is 114 cm³/mol. The summed E-state index contributed by atoms with van der Waals surface area (Å²) in [6, 6.07) is -0.669. The van der Waals surface area contributed by atoms with Crippen LogP contribution >= 0.6 is 11.8 Å². The van der Waals surface area contributed by atoms with Crippen LogP contribution < -0.4 is 0 Å². The van der Waals surface area contributed by atoms with Crippen LogP contribution in [-0.2, 0) is 19.1 Å².